The second-order valence-electron chi connectivity index (χ2n) is 5.72. The van der Waals surface area contributed by atoms with E-state index in [1.807, 2.05) is 31.3 Å². The Labute approximate surface area is 155 Å². The molecule has 0 radical (unpaired) electrons. The standard InChI is InChI=1S/C17H33N5O2S/c1-5-7-9-23-11-12-24-10-8-19-16(18-6-2)20-13-15-14-25-17(21-15)22(3)4/h14H,5-13H2,1-4H3,(H2,18,19,20). The number of aromatic nitrogens is 1. The van der Waals surface area contributed by atoms with E-state index in [9.17, 15) is 0 Å². The Morgan fingerprint density at radius 3 is 2.56 bits per heavy atom. The highest BCUT2D eigenvalue weighted by Gasteiger charge is 2.03. The van der Waals surface area contributed by atoms with Crippen molar-refractivity contribution in [1.82, 2.24) is 15.6 Å². The zero-order valence-electron chi connectivity index (χ0n) is 16.0. The Morgan fingerprint density at radius 1 is 1.16 bits per heavy atom. The molecule has 1 heterocycles. The van der Waals surface area contributed by atoms with Gasteiger partial charge in [0.2, 0.25) is 0 Å². The summed E-state index contributed by atoms with van der Waals surface area (Å²) in [6.07, 6.45) is 2.27. The maximum atomic E-state index is 5.55. The normalized spacial score (nSPS) is 11.6. The lowest BCUT2D eigenvalue weighted by molar-refractivity contribution is 0.0487. The minimum atomic E-state index is 0.561. The molecular formula is C17H33N5O2S. The predicted octanol–water partition coefficient (Wildman–Crippen LogP) is 2.10. The highest BCUT2D eigenvalue weighted by molar-refractivity contribution is 7.13. The van der Waals surface area contributed by atoms with Crippen LogP contribution in [0.1, 0.15) is 32.4 Å². The van der Waals surface area contributed by atoms with E-state index in [-0.39, 0.29) is 0 Å². The summed E-state index contributed by atoms with van der Waals surface area (Å²) in [6, 6.07) is 0. The smallest absolute Gasteiger partial charge is 0.191 e. The molecule has 0 saturated carbocycles. The summed E-state index contributed by atoms with van der Waals surface area (Å²) >= 11 is 1.63. The molecule has 1 aromatic rings. The number of unbranched alkanes of at least 4 members (excludes halogenated alkanes) is 1. The third-order valence-electron chi connectivity index (χ3n) is 3.22. The summed E-state index contributed by atoms with van der Waals surface area (Å²) in [5.74, 6) is 0.782. The van der Waals surface area contributed by atoms with Gasteiger partial charge in [0.15, 0.2) is 11.1 Å². The minimum Gasteiger partial charge on any atom is -0.379 e. The average molecular weight is 372 g/mol. The van der Waals surface area contributed by atoms with Gasteiger partial charge in [-0.3, -0.25) is 0 Å². The quantitative estimate of drug-likeness (QED) is 0.314. The van der Waals surface area contributed by atoms with Gasteiger partial charge in [-0.1, -0.05) is 13.3 Å². The van der Waals surface area contributed by atoms with Crippen molar-refractivity contribution < 1.29 is 9.47 Å². The van der Waals surface area contributed by atoms with Gasteiger partial charge >= 0.3 is 0 Å². The summed E-state index contributed by atoms with van der Waals surface area (Å²) in [7, 11) is 3.98. The maximum absolute atomic E-state index is 5.55. The van der Waals surface area contributed by atoms with E-state index >= 15 is 0 Å². The Hall–Kier alpha value is -1.38. The number of thiazole rings is 1. The zero-order chi connectivity index (χ0) is 18.3. The molecule has 0 aromatic carbocycles. The van der Waals surface area contributed by atoms with E-state index < -0.39 is 0 Å². The van der Waals surface area contributed by atoms with Crippen molar-refractivity contribution in [3.05, 3.63) is 11.1 Å². The molecule has 25 heavy (non-hydrogen) atoms. The number of nitrogens with one attached hydrogen (secondary N) is 2. The first-order valence-electron chi connectivity index (χ1n) is 8.96. The van der Waals surface area contributed by atoms with Gasteiger partial charge in [0.1, 0.15) is 0 Å². The first kappa shape index (κ1) is 21.7. The summed E-state index contributed by atoms with van der Waals surface area (Å²) in [5, 5.41) is 9.55. The third-order valence-corrected chi connectivity index (χ3v) is 4.28. The van der Waals surface area contributed by atoms with Crippen LogP contribution in [0, 0.1) is 0 Å². The fraction of sp³-hybridized carbons (Fsp3) is 0.765. The van der Waals surface area contributed by atoms with E-state index in [0.717, 1.165) is 42.8 Å². The minimum absolute atomic E-state index is 0.561. The van der Waals surface area contributed by atoms with Crippen LogP contribution in [0.5, 0.6) is 0 Å². The van der Waals surface area contributed by atoms with Crippen LogP contribution in [-0.4, -0.2) is 64.6 Å². The molecule has 0 bridgehead atoms. The maximum Gasteiger partial charge on any atom is 0.191 e. The van der Waals surface area contributed by atoms with Crippen molar-refractivity contribution >= 4 is 22.4 Å². The number of anilines is 1. The second kappa shape index (κ2) is 13.9. The van der Waals surface area contributed by atoms with Crippen LogP contribution in [0.4, 0.5) is 5.13 Å². The largest absolute Gasteiger partial charge is 0.379 e. The fourth-order valence-corrected chi connectivity index (χ4v) is 2.64. The number of hydrogen-bond acceptors (Lipinski definition) is 6. The van der Waals surface area contributed by atoms with Crippen LogP contribution in [0.3, 0.4) is 0 Å². The van der Waals surface area contributed by atoms with Gasteiger partial charge in [-0.2, -0.15) is 0 Å². The van der Waals surface area contributed by atoms with Crippen LogP contribution >= 0.6 is 11.3 Å². The molecular weight excluding hydrogens is 338 g/mol. The Morgan fingerprint density at radius 2 is 1.92 bits per heavy atom. The Bertz CT molecular complexity index is 479. The van der Waals surface area contributed by atoms with Gasteiger partial charge in [-0.15, -0.1) is 11.3 Å². The van der Waals surface area contributed by atoms with Crippen molar-refractivity contribution in [3.8, 4) is 0 Å². The van der Waals surface area contributed by atoms with Gasteiger partial charge in [0, 0.05) is 39.2 Å². The molecule has 0 fully saturated rings. The van der Waals surface area contributed by atoms with E-state index in [4.69, 9.17) is 9.47 Å². The van der Waals surface area contributed by atoms with Gasteiger partial charge in [-0.25, -0.2) is 9.98 Å². The molecule has 0 aliphatic heterocycles. The molecule has 0 atom stereocenters. The second-order valence-corrected chi connectivity index (χ2v) is 6.55. The molecule has 2 N–H and O–H groups in total. The Balaban J connectivity index is 2.22. The molecule has 144 valence electrons. The summed E-state index contributed by atoms with van der Waals surface area (Å²) in [5.41, 5.74) is 0.978. The van der Waals surface area contributed by atoms with Gasteiger partial charge in [0.05, 0.1) is 32.1 Å². The Kier molecular flexibility index (Phi) is 12.0. The lowest BCUT2D eigenvalue weighted by atomic mass is 10.4. The van der Waals surface area contributed by atoms with E-state index in [1.165, 1.54) is 0 Å². The van der Waals surface area contributed by atoms with E-state index in [2.05, 4.69) is 27.5 Å². The molecule has 0 amide bonds. The van der Waals surface area contributed by atoms with E-state index in [0.29, 0.717) is 32.9 Å². The summed E-state index contributed by atoms with van der Waals surface area (Å²) in [4.78, 5) is 11.1. The predicted molar refractivity (Wildman–Crippen MR) is 106 cm³/mol. The fourth-order valence-electron chi connectivity index (χ4n) is 1.89. The molecule has 0 aliphatic rings. The van der Waals surface area contributed by atoms with Gasteiger partial charge in [0.25, 0.3) is 0 Å². The number of hydrogen-bond donors (Lipinski definition) is 2. The van der Waals surface area contributed by atoms with Crippen molar-refractivity contribution in [3.63, 3.8) is 0 Å². The molecule has 0 aliphatic carbocycles. The van der Waals surface area contributed by atoms with Crippen molar-refractivity contribution in [2.24, 2.45) is 4.99 Å². The topological polar surface area (TPSA) is 71.0 Å². The SMILES string of the molecule is CCCCOCCOCCNC(=NCc1csc(N(C)C)n1)NCC. The number of aliphatic imine (C=N–C) groups is 1. The van der Waals surface area contributed by atoms with Crippen molar-refractivity contribution in [1.29, 1.82) is 0 Å². The number of ether oxygens (including phenoxy) is 2. The third kappa shape index (κ3) is 10.3. The van der Waals surface area contributed by atoms with Crippen LogP contribution < -0.4 is 15.5 Å². The lowest BCUT2D eigenvalue weighted by Gasteiger charge is -2.11. The lowest BCUT2D eigenvalue weighted by Crippen LogP contribution is -2.39. The zero-order valence-corrected chi connectivity index (χ0v) is 16.8. The number of guanidine groups is 1. The van der Waals surface area contributed by atoms with Crippen molar-refractivity contribution in [2.75, 3.05) is 58.5 Å². The summed E-state index contributed by atoms with van der Waals surface area (Å²) < 4.78 is 11.0. The van der Waals surface area contributed by atoms with Gasteiger partial charge < -0.3 is 25.0 Å². The number of nitrogens with zero attached hydrogens (tertiary/aromatic N) is 3. The molecule has 1 rings (SSSR count). The highest BCUT2D eigenvalue weighted by atomic mass is 32.1. The average Bonchev–Trinajstić information content (AvgIpc) is 3.07. The molecule has 8 heteroatoms. The molecule has 0 saturated heterocycles. The van der Waals surface area contributed by atoms with Crippen LogP contribution in [0.15, 0.2) is 10.4 Å². The first-order chi connectivity index (χ1) is 12.2. The van der Waals surface area contributed by atoms with Crippen LogP contribution in [0.25, 0.3) is 0 Å². The molecule has 7 nitrogen and oxygen atoms in total. The molecule has 1 aromatic heterocycles. The van der Waals surface area contributed by atoms with Gasteiger partial charge in [-0.05, 0) is 13.3 Å². The number of rotatable bonds is 13. The van der Waals surface area contributed by atoms with E-state index in [1.54, 1.807) is 11.3 Å². The van der Waals surface area contributed by atoms with Crippen molar-refractivity contribution in [2.45, 2.75) is 33.2 Å². The first-order valence-corrected chi connectivity index (χ1v) is 9.84. The molecule has 0 spiro atoms. The van der Waals surface area contributed by atoms with Crippen LogP contribution in [-0.2, 0) is 16.0 Å². The van der Waals surface area contributed by atoms with Crippen LogP contribution in [0.2, 0.25) is 0 Å². The monoisotopic (exact) mass is 371 g/mol. The molecule has 0 unspecified atom stereocenters. The highest BCUT2D eigenvalue weighted by Crippen LogP contribution is 2.18. The summed E-state index contributed by atoms with van der Waals surface area (Å²) in [6.45, 7) is 9.03.